The molecule has 2 amide bonds. The molecule has 0 spiro atoms. The van der Waals surface area contributed by atoms with Gasteiger partial charge in [0.2, 0.25) is 5.91 Å². The summed E-state index contributed by atoms with van der Waals surface area (Å²) in [5.41, 5.74) is 0.780. The van der Waals surface area contributed by atoms with E-state index in [2.05, 4.69) is 10.6 Å². The van der Waals surface area contributed by atoms with Crippen molar-refractivity contribution in [1.29, 1.82) is 0 Å². The second-order valence-corrected chi connectivity index (χ2v) is 5.88. The van der Waals surface area contributed by atoms with Gasteiger partial charge in [-0.3, -0.25) is 24.5 Å². The molecule has 9 nitrogen and oxygen atoms in total. The lowest BCUT2D eigenvalue weighted by Crippen LogP contribution is -2.29. The lowest BCUT2D eigenvalue weighted by Gasteiger charge is -2.17. The van der Waals surface area contributed by atoms with Gasteiger partial charge >= 0.3 is 5.97 Å². The molecule has 0 fully saturated rings. The van der Waals surface area contributed by atoms with Crippen LogP contribution in [0.1, 0.15) is 24.9 Å². The van der Waals surface area contributed by atoms with Gasteiger partial charge in [0.05, 0.1) is 17.4 Å². The number of carbonyl (C=O) groups excluding carboxylic acids is 3. The highest BCUT2D eigenvalue weighted by Gasteiger charge is 2.19. The molecule has 28 heavy (non-hydrogen) atoms. The van der Waals surface area contributed by atoms with Gasteiger partial charge in [-0.1, -0.05) is 36.4 Å². The maximum atomic E-state index is 12.1. The van der Waals surface area contributed by atoms with Crippen molar-refractivity contribution in [2.75, 3.05) is 11.9 Å². The van der Waals surface area contributed by atoms with Crippen LogP contribution in [0.25, 0.3) is 0 Å². The fourth-order valence-electron chi connectivity index (χ4n) is 2.45. The lowest BCUT2D eigenvalue weighted by atomic mass is 10.0. The van der Waals surface area contributed by atoms with Crippen LogP contribution in [0.5, 0.6) is 0 Å². The highest BCUT2D eigenvalue weighted by atomic mass is 16.6. The molecule has 0 radical (unpaired) electrons. The highest BCUT2D eigenvalue weighted by molar-refractivity contribution is 5.93. The van der Waals surface area contributed by atoms with E-state index in [-0.39, 0.29) is 23.7 Å². The van der Waals surface area contributed by atoms with E-state index < -0.39 is 29.4 Å². The van der Waals surface area contributed by atoms with Crippen LogP contribution in [0.4, 0.5) is 11.4 Å². The molecule has 2 aromatic carbocycles. The van der Waals surface area contributed by atoms with Gasteiger partial charge in [-0.15, -0.1) is 0 Å². The summed E-state index contributed by atoms with van der Waals surface area (Å²) in [6.07, 6.45) is -0.145. The summed E-state index contributed by atoms with van der Waals surface area (Å²) < 4.78 is 4.95. The third-order valence-electron chi connectivity index (χ3n) is 3.66. The van der Waals surface area contributed by atoms with E-state index in [1.165, 1.54) is 31.2 Å². The monoisotopic (exact) mass is 385 g/mol. The van der Waals surface area contributed by atoms with Crippen molar-refractivity contribution in [3.05, 3.63) is 70.3 Å². The minimum absolute atomic E-state index is 0.145. The van der Waals surface area contributed by atoms with Crippen molar-refractivity contribution < 1.29 is 24.0 Å². The molecule has 2 rings (SSSR count). The van der Waals surface area contributed by atoms with Crippen molar-refractivity contribution in [3.63, 3.8) is 0 Å². The molecule has 1 atom stereocenters. The molecule has 2 N–H and O–H groups in total. The number of anilines is 1. The van der Waals surface area contributed by atoms with E-state index in [9.17, 15) is 24.5 Å². The quantitative estimate of drug-likeness (QED) is 0.408. The Kier molecular flexibility index (Phi) is 7.21. The smallest absolute Gasteiger partial charge is 0.308 e. The number of amides is 2. The fourth-order valence-corrected chi connectivity index (χ4v) is 2.45. The van der Waals surface area contributed by atoms with Gasteiger partial charge in [0, 0.05) is 24.7 Å². The van der Waals surface area contributed by atoms with Crippen molar-refractivity contribution >= 4 is 29.2 Å². The largest absolute Gasteiger partial charge is 0.455 e. The molecule has 0 heterocycles. The average Bonchev–Trinajstić information content (AvgIpc) is 2.66. The number of ether oxygens (including phenoxy) is 1. The van der Waals surface area contributed by atoms with Crippen LogP contribution in [-0.4, -0.2) is 29.3 Å². The zero-order valence-electron chi connectivity index (χ0n) is 15.1. The molecule has 146 valence electrons. The SMILES string of the molecule is CC(=O)N[C@H](CC(=O)OCC(=O)Nc1cccc([N+](=O)[O-])c1)c1ccccc1. The van der Waals surface area contributed by atoms with Gasteiger partial charge in [-0.2, -0.15) is 0 Å². The zero-order chi connectivity index (χ0) is 20.5. The molecule has 0 unspecified atom stereocenters. The van der Waals surface area contributed by atoms with E-state index in [1.54, 1.807) is 24.3 Å². The maximum Gasteiger partial charge on any atom is 0.308 e. The van der Waals surface area contributed by atoms with Crippen molar-refractivity contribution in [2.24, 2.45) is 0 Å². The standard InChI is InChI=1S/C19H19N3O6/c1-13(23)20-17(14-6-3-2-4-7-14)11-19(25)28-12-18(24)21-15-8-5-9-16(10-15)22(26)27/h2-10,17H,11-12H2,1H3,(H,20,23)(H,21,24)/t17-/m1/s1. The molecule has 0 saturated heterocycles. The number of esters is 1. The molecule has 2 aromatic rings. The van der Waals surface area contributed by atoms with Crippen LogP contribution in [0.3, 0.4) is 0 Å². The molecule has 9 heteroatoms. The Morgan fingerprint density at radius 3 is 2.46 bits per heavy atom. The number of nitro groups is 1. The lowest BCUT2D eigenvalue weighted by molar-refractivity contribution is -0.384. The summed E-state index contributed by atoms with van der Waals surface area (Å²) in [4.78, 5) is 45.5. The minimum atomic E-state index is -0.670. The van der Waals surface area contributed by atoms with Gasteiger partial charge in [-0.25, -0.2) is 0 Å². The summed E-state index contributed by atoms with van der Waals surface area (Å²) in [7, 11) is 0. The Balaban J connectivity index is 1.89. The van der Waals surface area contributed by atoms with Crippen molar-refractivity contribution in [2.45, 2.75) is 19.4 Å². The van der Waals surface area contributed by atoms with E-state index in [4.69, 9.17) is 4.74 Å². The normalized spacial score (nSPS) is 11.2. The van der Waals surface area contributed by atoms with Crippen LogP contribution < -0.4 is 10.6 Å². The Hall–Kier alpha value is -3.75. The number of nitro benzene ring substituents is 1. The number of non-ortho nitro benzene ring substituents is 1. The molecule has 0 aliphatic heterocycles. The van der Waals surface area contributed by atoms with Gasteiger partial charge in [0.15, 0.2) is 6.61 Å². The Morgan fingerprint density at radius 1 is 1.11 bits per heavy atom. The number of benzene rings is 2. The third kappa shape index (κ3) is 6.52. The van der Waals surface area contributed by atoms with E-state index in [0.29, 0.717) is 0 Å². The molecular weight excluding hydrogens is 366 g/mol. The topological polar surface area (TPSA) is 128 Å². The summed E-state index contributed by atoms with van der Waals surface area (Å²) in [5, 5.41) is 15.8. The Morgan fingerprint density at radius 2 is 1.82 bits per heavy atom. The van der Waals surface area contributed by atoms with Crippen LogP contribution in [0, 0.1) is 10.1 Å². The zero-order valence-corrected chi connectivity index (χ0v) is 15.1. The first kappa shape index (κ1) is 20.6. The highest BCUT2D eigenvalue weighted by Crippen LogP contribution is 2.18. The van der Waals surface area contributed by atoms with Gasteiger partial charge in [0.1, 0.15) is 0 Å². The molecule has 0 bridgehead atoms. The second kappa shape index (κ2) is 9.81. The molecule has 0 saturated carbocycles. The fraction of sp³-hybridized carbons (Fsp3) is 0.211. The average molecular weight is 385 g/mol. The third-order valence-corrected chi connectivity index (χ3v) is 3.66. The number of hydrogen-bond acceptors (Lipinski definition) is 6. The van der Waals surface area contributed by atoms with Crippen LogP contribution in [0.15, 0.2) is 54.6 Å². The summed E-state index contributed by atoms with van der Waals surface area (Å²) in [6.45, 7) is 0.789. The van der Waals surface area contributed by atoms with Gasteiger partial charge in [0.25, 0.3) is 11.6 Å². The molecular formula is C19H19N3O6. The molecule has 0 aliphatic carbocycles. The summed E-state index contributed by atoms with van der Waals surface area (Å²) in [6, 6.07) is 13.7. The second-order valence-electron chi connectivity index (χ2n) is 5.88. The summed E-state index contributed by atoms with van der Waals surface area (Å²) >= 11 is 0. The van der Waals surface area contributed by atoms with Gasteiger partial charge in [-0.05, 0) is 11.6 Å². The first-order valence-electron chi connectivity index (χ1n) is 8.37. The number of rotatable bonds is 8. The number of carbonyl (C=O) groups is 3. The van der Waals surface area contributed by atoms with E-state index in [0.717, 1.165) is 5.56 Å². The van der Waals surface area contributed by atoms with Crippen molar-refractivity contribution in [3.8, 4) is 0 Å². The predicted molar refractivity (Wildman–Crippen MR) is 100 cm³/mol. The van der Waals surface area contributed by atoms with Gasteiger partial charge < -0.3 is 15.4 Å². The number of hydrogen-bond donors (Lipinski definition) is 2. The maximum absolute atomic E-state index is 12.1. The first-order valence-corrected chi connectivity index (χ1v) is 8.37. The Labute approximate surface area is 160 Å². The number of nitrogens with zero attached hydrogens (tertiary/aromatic N) is 1. The van der Waals surface area contributed by atoms with Crippen LogP contribution in [-0.2, 0) is 19.1 Å². The van der Waals surface area contributed by atoms with Crippen molar-refractivity contribution in [1.82, 2.24) is 5.32 Å². The molecule has 0 aromatic heterocycles. The first-order chi connectivity index (χ1) is 13.3. The van der Waals surface area contributed by atoms with E-state index >= 15 is 0 Å². The van der Waals surface area contributed by atoms with E-state index in [1.807, 2.05) is 6.07 Å². The molecule has 0 aliphatic rings. The predicted octanol–water partition coefficient (Wildman–Crippen LogP) is 2.34. The van der Waals surface area contributed by atoms with Crippen LogP contribution in [0.2, 0.25) is 0 Å². The minimum Gasteiger partial charge on any atom is -0.455 e. The Bertz CT molecular complexity index is 869. The number of nitrogens with one attached hydrogen (secondary N) is 2. The summed E-state index contributed by atoms with van der Waals surface area (Å²) in [5.74, 6) is -1.61. The van der Waals surface area contributed by atoms with Crippen LogP contribution >= 0.6 is 0 Å².